The Morgan fingerprint density at radius 3 is 2.16 bits per heavy atom. The number of carbonyl (C=O) groups excluding carboxylic acids is 1. The van der Waals surface area contributed by atoms with E-state index < -0.39 is 10.0 Å². The number of nitrogens with one attached hydrogen (secondary N) is 2. The van der Waals surface area contributed by atoms with Crippen LogP contribution in [-0.2, 0) is 16.4 Å². The summed E-state index contributed by atoms with van der Waals surface area (Å²) in [5, 5.41) is 2.73. The zero-order valence-electron chi connectivity index (χ0n) is 17.5. The smallest absolute Gasteiger partial charge is 0.262 e. The summed E-state index contributed by atoms with van der Waals surface area (Å²) in [6.45, 7) is 2.03. The molecule has 0 radical (unpaired) electrons. The number of amides is 1. The lowest BCUT2D eigenvalue weighted by Crippen LogP contribution is -2.16. The fourth-order valence-electron chi connectivity index (χ4n) is 2.97. The highest BCUT2D eigenvalue weighted by Crippen LogP contribution is 2.31. The quantitative estimate of drug-likeness (QED) is 0.544. The van der Waals surface area contributed by atoms with Gasteiger partial charge < -0.3 is 14.8 Å². The normalized spacial score (nSPS) is 10.9. The highest BCUT2D eigenvalue weighted by molar-refractivity contribution is 7.92. The Morgan fingerprint density at radius 2 is 1.52 bits per heavy atom. The number of hydrogen-bond acceptors (Lipinski definition) is 5. The number of rotatable bonds is 8. The summed E-state index contributed by atoms with van der Waals surface area (Å²) in [7, 11) is -1.03. The molecule has 0 heterocycles. The van der Waals surface area contributed by atoms with E-state index in [1.165, 1.54) is 32.4 Å². The van der Waals surface area contributed by atoms with E-state index in [1.807, 2.05) is 19.1 Å². The molecule has 0 aliphatic carbocycles. The van der Waals surface area contributed by atoms with E-state index in [-0.39, 0.29) is 16.5 Å². The number of ether oxygens (including phenoxy) is 2. The SMILES string of the molecule is CCc1ccc(C(=O)Nc2cc(S(=O)(=O)Nc3ccccc3OC)ccc2OC)cc1. The molecular formula is C23H24N2O5S. The summed E-state index contributed by atoms with van der Waals surface area (Å²) >= 11 is 0. The van der Waals surface area contributed by atoms with Crippen molar-refractivity contribution in [2.75, 3.05) is 24.3 Å². The van der Waals surface area contributed by atoms with Crippen LogP contribution in [0.15, 0.2) is 71.6 Å². The molecule has 0 aliphatic heterocycles. The maximum absolute atomic E-state index is 12.9. The van der Waals surface area contributed by atoms with Crippen molar-refractivity contribution in [3.05, 3.63) is 77.9 Å². The Bertz CT molecular complexity index is 1170. The molecule has 0 atom stereocenters. The minimum absolute atomic E-state index is 0.0316. The van der Waals surface area contributed by atoms with Crippen LogP contribution in [0.1, 0.15) is 22.8 Å². The Morgan fingerprint density at radius 1 is 0.871 bits per heavy atom. The minimum Gasteiger partial charge on any atom is -0.495 e. The third kappa shape index (κ3) is 5.16. The van der Waals surface area contributed by atoms with E-state index in [2.05, 4.69) is 10.0 Å². The maximum Gasteiger partial charge on any atom is 0.262 e. The number of para-hydroxylation sites is 2. The largest absolute Gasteiger partial charge is 0.495 e. The molecular weight excluding hydrogens is 416 g/mol. The number of benzene rings is 3. The summed E-state index contributed by atoms with van der Waals surface area (Å²) in [6, 6.07) is 18.2. The molecule has 0 bridgehead atoms. The molecule has 0 aromatic heterocycles. The first-order chi connectivity index (χ1) is 14.9. The zero-order valence-corrected chi connectivity index (χ0v) is 18.3. The number of methoxy groups -OCH3 is 2. The summed E-state index contributed by atoms with van der Waals surface area (Å²) in [4.78, 5) is 12.6. The van der Waals surface area contributed by atoms with Crippen molar-refractivity contribution >= 4 is 27.3 Å². The summed E-state index contributed by atoms with van der Waals surface area (Å²) in [5.41, 5.74) is 2.13. The second-order valence-electron chi connectivity index (χ2n) is 6.67. The van der Waals surface area contributed by atoms with Crippen LogP contribution in [0.25, 0.3) is 0 Å². The Labute approximate surface area is 182 Å². The average molecular weight is 441 g/mol. The van der Waals surface area contributed by atoms with Crippen molar-refractivity contribution < 1.29 is 22.7 Å². The molecule has 3 aromatic rings. The van der Waals surface area contributed by atoms with E-state index >= 15 is 0 Å². The maximum atomic E-state index is 12.9. The summed E-state index contributed by atoms with van der Waals surface area (Å²) in [6.07, 6.45) is 0.870. The third-order valence-corrected chi connectivity index (χ3v) is 6.07. The van der Waals surface area contributed by atoms with Crippen molar-refractivity contribution in [3.8, 4) is 11.5 Å². The van der Waals surface area contributed by atoms with Crippen LogP contribution in [0.2, 0.25) is 0 Å². The van der Waals surface area contributed by atoms with Crippen molar-refractivity contribution in [1.29, 1.82) is 0 Å². The van der Waals surface area contributed by atoms with Gasteiger partial charge in [-0.05, 0) is 54.4 Å². The lowest BCUT2D eigenvalue weighted by molar-refractivity contribution is 0.102. The van der Waals surface area contributed by atoms with Crippen molar-refractivity contribution in [3.63, 3.8) is 0 Å². The van der Waals surface area contributed by atoms with Crippen LogP contribution < -0.4 is 19.5 Å². The van der Waals surface area contributed by atoms with E-state index in [4.69, 9.17) is 9.47 Å². The molecule has 3 rings (SSSR count). The predicted molar refractivity (Wildman–Crippen MR) is 121 cm³/mol. The summed E-state index contributed by atoms with van der Waals surface area (Å²) in [5.74, 6) is 0.367. The molecule has 162 valence electrons. The highest BCUT2D eigenvalue weighted by Gasteiger charge is 2.19. The van der Waals surface area contributed by atoms with Gasteiger partial charge in [0, 0.05) is 5.56 Å². The topological polar surface area (TPSA) is 93.7 Å². The summed E-state index contributed by atoms with van der Waals surface area (Å²) < 4.78 is 38.9. The van der Waals surface area contributed by atoms with E-state index in [1.54, 1.807) is 36.4 Å². The van der Waals surface area contributed by atoms with Crippen molar-refractivity contribution in [2.45, 2.75) is 18.2 Å². The molecule has 0 saturated carbocycles. The highest BCUT2D eigenvalue weighted by atomic mass is 32.2. The van der Waals surface area contributed by atoms with Gasteiger partial charge in [0.25, 0.3) is 15.9 Å². The first-order valence-electron chi connectivity index (χ1n) is 9.62. The number of hydrogen-bond donors (Lipinski definition) is 2. The van der Waals surface area contributed by atoms with Gasteiger partial charge in [-0.15, -0.1) is 0 Å². The Balaban J connectivity index is 1.89. The second kappa shape index (κ2) is 9.53. The van der Waals surface area contributed by atoms with E-state index in [0.717, 1.165) is 12.0 Å². The van der Waals surface area contributed by atoms with Gasteiger partial charge in [-0.3, -0.25) is 9.52 Å². The van der Waals surface area contributed by atoms with E-state index in [9.17, 15) is 13.2 Å². The molecule has 0 fully saturated rings. The van der Waals surface area contributed by atoms with Gasteiger partial charge in [-0.2, -0.15) is 0 Å². The number of aryl methyl sites for hydroxylation is 1. The van der Waals surface area contributed by atoms with Crippen LogP contribution in [-0.4, -0.2) is 28.5 Å². The van der Waals surface area contributed by atoms with Gasteiger partial charge in [0.2, 0.25) is 0 Å². The Hall–Kier alpha value is -3.52. The number of anilines is 2. The molecule has 0 saturated heterocycles. The molecule has 7 nitrogen and oxygen atoms in total. The fraction of sp³-hybridized carbons (Fsp3) is 0.174. The van der Waals surface area contributed by atoms with E-state index in [0.29, 0.717) is 22.7 Å². The first kappa shape index (κ1) is 22.2. The van der Waals surface area contributed by atoms with Crippen LogP contribution >= 0.6 is 0 Å². The Kier molecular flexibility index (Phi) is 6.81. The monoisotopic (exact) mass is 440 g/mol. The molecule has 0 aliphatic rings. The third-order valence-electron chi connectivity index (χ3n) is 4.71. The molecule has 0 unspecified atom stereocenters. The lowest BCUT2D eigenvalue weighted by Gasteiger charge is -2.15. The van der Waals surface area contributed by atoms with Gasteiger partial charge in [0.15, 0.2) is 0 Å². The predicted octanol–water partition coefficient (Wildman–Crippen LogP) is 4.32. The van der Waals surface area contributed by atoms with Gasteiger partial charge in [-0.25, -0.2) is 8.42 Å². The zero-order chi connectivity index (χ0) is 22.4. The fourth-order valence-corrected chi connectivity index (χ4v) is 4.07. The molecule has 1 amide bonds. The molecule has 8 heteroatoms. The standard InChI is InChI=1S/C23H24N2O5S/c1-4-16-9-11-17(12-10-16)23(26)24-20-15-18(13-14-22(20)30-3)31(27,28)25-19-7-5-6-8-21(19)29-2/h5-15,25H,4H2,1-3H3,(H,24,26). The van der Waals surface area contributed by atoms with Crippen LogP contribution in [0.5, 0.6) is 11.5 Å². The molecule has 0 spiro atoms. The average Bonchev–Trinajstić information content (AvgIpc) is 2.79. The van der Waals surface area contributed by atoms with Crippen molar-refractivity contribution in [1.82, 2.24) is 0 Å². The second-order valence-corrected chi connectivity index (χ2v) is 8.35. The minimum atomic E-state index is -3.94. The molecule has 2 N–H and O–H groups in total. The van der Waals surface area contributed by atoms with Gasteiger partial charge in [0.1, 0.15) is 11.5 Å². The molecule has 3 aromatic carbocycles. The lowest BCUT2D eigenvalue weighted by atomic mass is 10.1. The van der Waals surface area contributed by atoms with Gasteiger partial charge in [0.05, 0.1) is 30.5 Å². The molecule has 31 heavy (non-hydrogen) atoms. The first-order valence-corrected chi connectivity index (χ1v) is 11.1. The number of sulfonamides is 1. The number of carbonyl (C=O) groups is 1. The van der Waals surface area contributed by atoms with Crippen LogP contribution in [0, 0.1) is 0 Å². The van der Waals surface area contributed by atoms with Gasteiger partial charge in [-0.1, -0.05) is 31.2 Å². The van der Waals surface area contributed by atoms with Crippen LogP contribution in [0.4, 0.5) is 11.4 Å². The van der Waals surface area contributed by atoms with Crippen molar-refractivity contribution in [2.24, 2.45) is 0 Å². The van der Waals surface area contributed by atoms with Gasteiger partial charge >= 0.3 is 0 Å². The van der Waals surface area contributed by atoms with Crippen LogP contribution in [0.3, 0.4) is 0 Å².